The van der Waals surface area contributed by atoms with E-state index >= 15 is 0 Å². The third kappa shape index (κ3) is 3.36. The van der Waals surface area contributed by atoms with Crippen LogP contribution in [0.2, 0.25) is 0 Å². The van der Waals surface area contributed by atoms with Gasteiger partial charge in [0.1, 0.15) is 0 Å². The molecule has 0 bridgehead atoms. The van der Waals surface area contributed by atoms with E-state index in [4.69, 9.17) is 0 Å². The number of anilines is 1. The van der Waals surface area contributed by atoms with Gasteiger partial charge in [0, 0.05) is 37.8 Å². The molecular weight excluding hydrogens is 312 g/mol. The molecule has 7 nitrogen and oxygen atoms in total. The maximum atomic E-state index is 12.3. The van der Waals surface area contributed by atoms with Crippen LogP contribution in [0.3, 0.4) is 0 Å². The lowest BCUT2D eigenvalue weighted by Gasteiger charge is -2.31. The number of aromatic nitrogens is 4. The third-order valence-electron chi connectivity index (χ3n) is 4.31. The molecule has 0 aromatic carbocycles. The van der Waals surface area contributed by atoms with Crippen LogP contribution in [0.15, 0.2) is 17.8 Å². The zero-order chi connectivity index (χ0) is 16.2. The van der Waals surface area contributed by atoms with Crippen molar-refractivity contribution in [3.63, 3.8) is 0 Å². The first kappa shape index (κ1) is 15.9. The quantitative estimate of drug-likeness (QED) is 0.837. The van der Waals surface area contributed by atoms with E-state index in [0.717, 1.165) is 31.1 Å². The molecule has 0 atom stereocenters. The Hall–Kier alpha value is -1.96. The zero-order valence-corrected chi connectivity index (χ0v) is 14.4. The summed E-state index contributed by atoms with van der Waals surface area (Å²) in [6, 6.07) is 0.303. The Morgan fingerprint density at radius 1 is 1.35 bits per heavy atom. The highest BCUT2D eigenvalue weighted by Gasteiger charge is 2.24. The molecule has 1 aliphatic heterocycles. The van der Waals surface area contributed by atoms with Crippen molar-refractivity contribution in [1.29, 1.82) is 0 Å². The minimum Gasteiger partial charge on any atom is -0.348 e. The molecule has 3 heterocycles. The number of thiazole rings is 1. The van der Waals surface area contributed by atoms with Crippen molar-refractivity contribution in [2.45, 2.75) is 32.7 Å². The second kappa shape index (κ2) is 7.08. The number of piperidine rings is 1. The Balaban J connectivity index is 1.62. The van der Waals surface area contributed by atoms with E-state index in [-0.39, 0.29) is 5.91 Å². The van der Waals surface area contributed by atoms with Crippen molar-refractivity contribution in [2.24, 2.45) is 0 Å². The van der Waals surface area contributed by atoms with Gasteiger partial charge in [0.2, 0.25) is 0 Å². The summed E-state index contributed by atoms with van der Waals surface area (Å²) in [5, 5.41) is 11.3. The van der Waals surface area contributed by atoms with Crippen molar-refractivity contribution in [1.82, 2.24) is 24.9 Å². The molecule has 2 aromatic rings. The molecule has 1 saturated heterocycles. The molecule has 0 saturated carbocycles. The average Bonchev–Trinajstić information content (AvgIpc) is 3.28. The predicted octanol–water partition coefficient (Wildman–Crippen LogP) is 2.06. The van der Waals surface area contributed by atoms with Gasteiger partial charge in [-0.05, 0) is 26.7 Å². The molecule has 3 rings (SSSR count). The van der Waals surface area contributed by atoms with Gasteiger partial charge in [-0.2, -0.15) is 0 Å². The number of rotatable bonds is 5. The number of hydrogen-bond acceptors (Lipinski definition) is 6. The van der Waals surface area contributed by atoms with Crippen molar-refractivity contribution in [3.05, 3.63) is 23.5 Å². The van der Waals surface area contributed by atoms with E-state index in [2.05, 4.69) is 20.2 Å². The minimum absolute atomic E-state index is 0.0403. The van der Waals surface area contributed by atoms with Crippen LogP contribution in [0.25, 0.3) is 0 Å². The van der Waals surface area contributed by atoms with Crippen LogP contribution in [0.4, 0.5) is 5.13 Å². The SMILES string of the molecule is CCN(CC)C(=O)c1cn(C2CCN(c3nccs3)CC2)nn1. The maximum Gasteiger partial charge on any atom is 0.276 e. The summed E-state index contributed by atoms with van der Waals surface area (Å²) < 4.78 is 1.86. The van der Waals surface area contributed by atoms with Crippen LogP contribution in [-0.4, -0.2) is 57.0 Å². The molecule has 0 radical (unpaired) electrons. The van der Waals surface area contributed by atoms with Crippen LogP contribution in [0.5, 0.6) is 0 Å². The van der Waals surface area contributed by atoms with Gasteiger partial charge in [0.05, 0.1) is 12.2 Å². The Morgan fingerprint density at radius 3 is 2.70 bits per heavy atom. The molecule has 0 aliphatic carbocycles. The first-order chi connectivity index (χ1) is 11.2. The summed E-state index contributed by atoms with van der Waals surface area (Å²) in [6.45, 7) is 7.23. The van der Waals surface area contributed by atoms with Crippen molar-refractivity contribution < 1.29 is 4.79 Å². The number of nitrogens with zero attached hydrogens (tertiary/aromatic N) is 6. The number of hydrogen-bond donors (Lipinski definition) is 0. The van der Waals surface area contributed by atoms with Gasteiger partial charge in [-0.15, -0.1) is 16.4 Å². The normalized spacial score (nSPS) is 15.8. The van der Waals surface area contributed by atoms with E-state index in [0.29, 0.717) is 24.8 Å². The monoisotopic (exact) mass is 334 g/mol. The fourth-order valence-corrected chi connectivity index (χ4v) is 3.62. The van der Waals surface area contributed by atoms with E-state index < -0.39 is 0 Å². The first-order valence-corrected chi connectivity index (χ1v) is 8.96. The fraction of sp³-hybridized carbons (Fsp3) is 0.600. The molecule has 0 spiro atoms. The van der Waals surface area contributed by atoms with Crippen LogP contribution in [0, 0.1) is 0 Å². The number of carbonyl (C=O) groups excluding carboxylic acids is 1. The molecule has 23 heavy (non-hydrogen) atoms. The highest BCUT2D eigenvalue weighted by Crippen LogP contribution is 2.27. The van der Waals surface area contributed by atoms with Gasteiger partial charge in [-0.25, -0.2) is 9.67 Å². The Kier molecular flexibility index (Phi) is 4.90. The van der Waals surface area contributed by atoms with E-state index in [1.54, 1.807) is 22.4 Å². The second-order valence-electron chi connectivity index (χ2n) is 5.59. The average molecular weight is 334 g/mol. The molecule has 1 fully saturated rings. The fourth-order valence-electron chi connectivity index (χ4n) is 2.92. The molecule has 124 valence electrons. The van der Waals surface area contributed by atoms with Crippen LogP contribution in [0.1, 0.15) is 43.2 Å². The highest BCUT2D eigenvalue weighted by molar-refractivity contribution is 7.13. The third-order valence-corrected chi connectivity index (χ3v) is 5.14. The topological polar surface area (TPSA) is 67.2 Å². The number of amides is 1. The second-order valence-corrected chi connectivity index (χ2v) is 6.47. The summed E-state index contributed by atoms with van der Waals surface area (Å²) in [5.41, 5.74) is 0.441. The first-order valence-electron chi connectivity index (χ1n) is 8.08. The van der Waals surface area contributed by atoms with Gasteiger partial charge in [-0.3, -0.25) is 4.79 Å². The molecule has 8 heteroatoms. The predicted molar refractivity (Wildman–Crippen MR) is 89.9 cm³/mol. The number of carbonyl (C=O) groups is 1. The van der Waals surface area contributed by atoms with E-state index in [9.17, 15) is 4.79 Å². The summed E-state index contributed by atoms with van der Waals surface area (Å²) in [6.07, 6.45) is 5.61. The highest BCUT2D eigenvalue weighted by atomic mass is 32.1. The molecule has 1 aliphatic rings. The lowest BCUT2D eigenvalue weighted by molar-refractivity contribution is 0.0767. The summed E-state index contributed by atoms with van der Waals surface area (Å²) in [7, 11) is 0. The molecule has 0 unspecified atom stereocenters. The smallest absolute Gasteiger partial charge is 0.276 e. The lowest BCUT2D eigenvalue weighted by Crippen LogP contribution is -2.34. The van der Waals surface area contributed by atoms with Gasteiger partial charge >= 0.3 is 0 Å². The van der Waals surface area contributed by atoms with E-state index in [1.165, 1.54) is 0 Å². The standard InChI is InChI=1S/C15H22N6OS/c1-3-19(4-2)14(22)13-11-21(18-17-13)12-5-8-20(9-6-12)15-16-7-10-23-15/h7,10-12H,3-6,8-9H2,1-2H3. The molecule has 2 aromatic heterocycles. The van der Waals surface area contributed by atoms with Gasteiger partial charge in [-0.1, -0.05) is 5.21 Å². The molecular formula is C15H22N6OS. The van der Waals surface area contributed by atoms with Crippen LogP contribution in [-0.2, 0) is 0 Å². The lowest BCUT2D eigenvalue weighted by atomic mass is 10.1. The van der Waals surface area contributed by atoms with Gasteiger partial charge in [0.15, 0.2) is 10.8 Å². The summed E-state index contributed by atoms with van der Waals surface area (Å²) >= 11 is 1.67. The van der Waals surface area contributed by atoms with Crippen molar-refractivity contribution in [3.8, 4) is 0 Å². The molecule has 1 amide bonds. The molecule has 0 N–H and O–H groups in total. The maximum absolute atomic E-state index is 12.3. The van der Waals surface area contributed by atoms with Gasteiger partial charge < -0.3 is 9.80 Å². The Bertz CT molecular complexity index is 628. The van der Waals surface area contributed by atoms with Gasteiger partial charge in [0.25, 0.3) is 5.91 Å². The minimum atomic E-state index is -0.0403. The summed E-state index contributed by atoms with van der Waals surface area (Å²) in [4.78, 5) is 20.7. The van der Waals surface area contributed by atoms with Crippen molar-refractivity contribution in [2.75, 3.05) is 31.1 Å². The largest absolute Gasteiger partial charge is 0.348 e. The summed E-state index contributed by atoms with van der Waals surface area (Å²) in [5.74, 6) is -0.0403. The Labute approximate surface area is 139 Å². The van der Waals surface area contributed by atoms with Crippen molar-refractivity contribution >= 4 is 22.4 Å². The Morgan fingerprint density at radius 2 is 2.09 bits per heavy atom. The van der Waals surface area contributed by atoms with Crippen LogP contribution < -0.4 is 4.90 Å². The van der Waals surface area contributed by atoms with Crippen LogP contribution >= 0.6 is 11.3 Å². The zero-order valence-electron chi connectivity index (χ0n) is 13.6. The van der Waals surface area contributed by atoms with E-state index in [1.807, 2.05) is 30.1 Å².